The predicted molar refractivity (Wildman–Crippen MR) is 68.3 cm³/mol. The van der Waals surface area contributed by atoms with Gasteiger partial charge < -0.3 is 10.1 Å². The molecular formula is C13H15ClN2O. The molecule has 1 N–H and O–H groups in total. The zero-order valence-electron chi connectivity index (χ0n) is 9.74. The molecule has 1 fully saturated rings. The van der Waals surface area contributed by atoms with Gasteiger partial charge in [-0.25, -0.2) is 4.98 Å². The van der Waals surface area contributed by atoms with Gasteiger partial charge in [-0.2, -0.15) is 0 Å². The molecule has 17 heavy (non-hydrogen) atoms. The molecule has 1 aliphatic heterocycles. The van der Waals surface area contributed by atoms with Gasteiger partial charge in [-0.1, -0.05) is 17.7 Å². The fourth-order valence-electron chi connectivity index (χ4n) is 2.53. The number of ether oxygens (including phenoxy) is 1. The number of pyridine rings is 1. The second kappa shape index (κ2) is 4.31. The van der Waals surface area contributed by atoms with E-state index in [9.17, 15) is 0 Å². The van der Waals surface area contributed by atoms with Crippen molar-refractivity contribution in [2.24, 2.45) is 5.92 Å². The predicted octanol–water partition coefficient (Wildman–Crippen LogP) is 2.51. The van der Waals surface area contributed by atoms with Crippen molar-refractivity contribution in [3.8, 4) is 5.75 Å². The highest BCUT2D eigenvalue weighted by Gasteiger charge is 2.31. The maximum Gasteiger partial charge on any atom is 0.171 e. The number of hydrogen-bond donors (Lipinski definition) is 1. The van der Waals surface area contributed by atoms with Crippen LogP contribution in [-0.2, 0) is 0 Å². The van der Waals surface area contributed by atoms with Crippen molar-refractivity contribution < 1.29 is 4.74 Å². The quantitative estimate of drug-likeness (QED) is 0.819. The fraction of sp³-hybridized carbons (Fsp3) is 0.462. The van der Waals surface area contributed by atoms with E-state index in [0.29, 0.717) is 16.9 Å². The summed E-state index contributed by atoms with van der Waals surface area (Å²) in [4.78, 5) is 4.17. The van der Waals surface area contributed by atoms with E-state index < -0.39 is 0 Å². The first kappa shape index (κ1) is 11.1. The Kier molecular flexibility index (Phi) is 2.81. The molecule has 4 heteroatoms. The van der Waals surface area contributed by atoms with Crippen LogP contribution in [0.4, 0.5) is 0 Å². The minimum Gasteiger partial charge on any atom is -0.494 e. The Bertz CT molecular complexity index is 472. The molecule has 3 nitrogen and oxygen atoms in total. The van der Waals surface area contributed by atoms with E-state index in [0.717, 1.165) is 24.4 Å². The molecule has 1 aromatic rings. The van der Waals surface area contributed by atoms with Crippen LogP contribution in [0.1, 0.15) is 18.4 Å². The molecule has 1 saturated heterocycles. The van der Waals surface area contributed by atoms with Crippen LogP contribution in [0.5, 0.6) is 5.75 Å². The minimum absolute atomic E-state index is 0.423. The molecule has 3 rings (SSSR count). The number of hydrogen-bond acceptors (Lipinski definition) is 3. The maximum atomic E-state index is 5.93. The third-order valence-corrected chi connectivity index (χ3v) is 3.97. The van der Waals surface area contributed by atoms with E-state index >= 15 is 0 Å². The van der Waals surface area contributed by atoms with E-state index in [4.69, 9.17) is 16.3 Å². The van der Waals surface area contributed by atoms with Gasteiger partial charge in [0.2, 0.25) is 0 Å². The molecule has 2 unspecified atom stereocenters. The van der Waals surface area contributed by atoms with E-state index in [-0.39, 0.29) is 0 Å². The topological polar surface area (TPSA) is 34.1 Å². The first-order valence-electron chi connectivity index (χ1n) is 5.92. The van der Waals surface area contributed by atoms with Crippen molar-refractivity contribution in [2.45, 2.75) is 18.9 Å². The molecule has 0 amide bonds. The Hall–Kier alpha value is -1.06. The van der Waals surface area contributed by atoms with Gasteiger partial charge in [0.1, 0.15) is 0 Å². The Morgan fingerprint density at radius 3 is 3.06 bits per heavy atom. The first-order valence-corrected chi connectivity index (χ1v) is 6.29. The summed E-state index contributed by atoms with van der Waals surface area (Å²) in [6.07, 6.45) is 6.53. The number of fused-ring (bicyclic) bond motifs is 1. The molecule has 1 aliphatic carbocycles. The lowest BCUT2D eigenvalue weighted by molar-refractivity contribution is 0.256. The van der Waals surface area contributed by atoms with Gasteiger partial charge in [-0.05, 0) is 36.0 Å². The highest BCUT2D eigenvalue weighted by atomic mass is 35.5. The number of nitrogens with zero attached hydrogens (tertiary/aromatic N) is 1. The highest BCUT2D eigenvalue weighted by molar-refractivity contribution is 6.30. The molecule has 1 aromatic heterocycles. The van der Waals surface area contributed by atoms with E-state index in [1.54, 1.807) is 7.11 Å². The van der Waals surface area contributed by atoms with Crippen LogP contribution in [0, 0.1) is 5.92 Å². The normalized spacial score (nSPS) is 26.8. The van der Waals surface area contributed by atoms with Crippen LogP contribution in [0.3, 0.4) is 0 Å². The lowest BCUT2D eigenvalue weighted by atomic mass is 9.79. The molecule has 2 heterocycles. The Balaban J connectivity index is 1.91. The average Bonchev–Trinajstić information content (AvgIpc) is 2.32. The van der Waals surface area contributed by atoms with Gasteiger partial charge in [0.15, 0.2) is 10.9 Å². The van der Waals surface area contributed by atoms with Crippen molar-refractivity contribution in [1.29, 1.82) is 0 Å². The summed E-state index contributed by atoms with van der Waals surface area (Å²) < 4.78 is 5.20. The van der Waals surface area contributed by atoms with Gasteiger partial charge >= 0.3 is 0 Å². The number of halogens is 1. The molecule has 0 bridgehead atoms. The monoisotopic (exact) mass is 250 g/mol. The van der Waals surface area contributed by atoms with Gasteiger partial charge in [0.05, 0.1) is 7.11 Å². The number of aromatic nitrogens is 1. The van der Waals surface area contributed by atoms with Crippen molar-refractivity contribution in [1.82, 2.24) is 10.3 Å². The molecule has 2 atom stereocenters. The van der Waals surface area contributed by atoms with Crippen LogP contribution < -0.4 is 10.1 Å². The van der Waals surface area contributed by atoms with Crippen molar-refractivity contribution >= 4 is 17.2 Å². The molecule has 0 radical (unpaired) electrons. The van der Waals surface area contributed by atoms with Gasteiger partial charge in [0, 0.05) is 18.8 Å². The van der Waals surface area contributed by atoms with Crippen LogP contribution in [0.25, 0.3) is 5.57 Å². The van der Waals surface area contributed by atoms with Crippen molar-refractivity contribution in [2.75, 3.05) is 13.7 Å². The standard InChI is InChI=1S/C13H15ClN2O/c1-17-12-5-10(7-16-13(12)14)8-2-3-9-6-15-11(9)4-8/h4-5,7,9,11,15H,2-3,6H2,1H3. The largest absolute Gasteiger partial charge is 0.494 e. The molecule has 90 valence electrons. The average molecular weight is 251 g/mol. The second-order valence-corrected chi connectivity index (χ2v) is 5.00. The summed E-state index contributed by atoms with van der Waals surface area (Å²) in [5.41, 5.74) is 2.47. The maximum absolute atomic E-state index is 5.93. The van der Waals surface area contributed by atoms with Gasteiger partial charge in [-0.15, -0.1) is 0 Å². The number of nitrogens with one attached hydrogen (secondary N) is 1. The van der Waals surface area contributed by atoms with Gasteiger partial charge in [-0.3, -0.25) is 0 Å². The fourth-order valence-corrected chi connectivity index (χ4v) is 2.71. The molecule has 0 aromatic carbocycles. The summed E-state index contributed by atoms with van der Waals surface area (Å²) in [6.45, 7) is 1.16. The van der Waals surface area contributed by atoms with Crippen LogP contribution in [0.15, 0.2) is 18.3 Å². The van der Waals surface area contributed by atoms with E-state index in [1.165, 1.54) is 12.0 Å². The summed E-state index contributed by atoms with van der Waals surface area (Å²) in [5, 5.41) is 3.86. The second-order valence-electron chi connectivity index (χ2n) is 4.64. The Labute approximate surface area is 106 Å². The highest BCUT2D eigenvalue weighted by Crippen LogP contribution is 2.35. The zero-order valence-corrected chi connectivity index (χ0v) is 10.5. The molecular weight excluding hydrogens is 236 g/mol. The third-order valence-electron chi connectivity index (χ3n) is 3.69. The van der Waals surface area contributed by atoms with Crippen molar-refractivity contribution in [3.63, 3.8) is 0 Å². The lowest BCUT2D eigenvalue weighted by Gasteiger charge is -2.40. The van der Waals surface area contributed by atoms with Crippen LogP contribution in [-0.4, -0.2) is 24.7 Å². The van der Waals surface area contributed by atoms with Crippen LogP contribution in [0.2, 0.25) is 5.15 Å². The Morgan fingerprint density at radius 2 is 2.41 bits per heavy atom. The smallest absolute Gasteiger partial charge is 0.171 e. The molecule has 0 spiro atoms. The van der Waals surface area contributed by atoms with E-state index in [1.807, 2.05) is 12.3 Å². The summed E-state index contributed by atoms with van der Waals surface area (Å²) in [5.74, 6) is 1.48. The number of allylic oxidation sites excluding steroid dienone is 1. The summed E-state index contributed by atoms with van der Waals surface area (Å²) >= 11 is 5.93. The van der Waals surface area contributed by atoms with Crippen LogP contribution >= 0.6 is 11.6 Å². The summed E-state index contributed by atoms with van der Waals surface area (Å²) in [6, 6.07) is 2.53. The summed E-state index contributed by atoms with van der Waals surface area (Å²) in [7, 11) is 1.62. The minimum atomic E-state index is 0.423. The third kappa shape index (κ3) is 1.94. The number of methoxy groups -OCH3 is 1. The first-order chi connectivity index (χ1) is 8.28. The van der Waals surface area contributed by atoms with Gasteiger partial charge in [0.25, 0.3) is 0 Å². The van der Waals surface area contributed by atoms with Crippen molar-refractivity contribution in [3.05, 3.63) is 29.1 Å². The molecule has 2 aliphatic rings. The zero-order chi connectivity index (χ0) is 11.8. The SMILES string of the molecule is COc1cc(C2=CC3NCC3CC2)cnc1Cl. The van der Waals surface area contributed by atoms with E-state index in [2.05, 4.69) is 16.4 Å². The Morgan fingerprint density at radius 1 is 1.53 bits per heavy atom. The molecule has 0 saturated carbocycles. The lowest BCUT2D eigenvalue weighted by Crippen LogP contribution is -2.52. The number of rotatable bonds is 2.